The fourth-order valence-corrected chi connectivity index (χ4v) is 2.05. The van der Waals surface area contributed by atoms with Gasteiger partial charge in [-0.25, -0.2) is 0 Å². The molecule has 0 aliphatic rings. The summed E-state index contributed by atoms with van der Waals surface area (Å²) in [7, 11) is 0. The van der Waals surface area contributed by atoms with E-state index in [0.29, 0.717) is 22.9 Å². The summed E-state index contributed by atoms with van der Waals surface area (Å²) in [6.45, 7) is 1.82. The maximum atomic E-state index is 11.0. The lowest BCUT2D eigenvalue weighted by atomic mass is 10.1. The van der Waals surface area contributed by atoms with E-state index in [-0.39, 0.29) is 24.7 Å². The van der Waals surface area contributed by atoms with Crippen molar-refractivity contribution >= 4 is 21.6 Å². The number of nitro benzene ring substituents is 1. The molecule has 0 spiro atoms. The van der Waals surface area contributed by atoms with Crippen LogP contribution in [-0.2, 0) is 0 Å². The quantitative estimate of drug-likeness (QED) is 0.454. The van der Waals surface area contributed by atoms with Crippen LogP contribution in [0.25, 0.3) is 0 Å². The Morgan fingerprint density at radius 2 is 2.16 bits per heavy atom. The molecule has 6 nitrogen and oxygen atoms in total. The van der Waals surface area contributed by atoms with Crippen LogP contribution in [0.4, 0.5) is 5.69 Å². The van der Waals surface area contributed by atoms with Gasteiger partial charge in [0.1, 0.15) is 0 Å². The van der Waals surface area contributed by atoms with Gasteiger partial charge < -0.3 is 14.9 Å². The Balaban J connectivity index is 3.05. The number of benzene rings is 1. The zero-order chi connectivity index (χ0) is 14.4. The molecule has 106 valence electrons. The molecule has 0 heterocycles. The van der Waals surface area contributed by atoms with Crippen LogP contribution in [0.15, 0.2) is 16.6 Å². The highest BCUT2D eigenvalue weighted by Crippen LogP contribution is 2.37. The van der Waals surface area contributed by atoms with Crippen LogP contribution < -0.4 is 4.74 Å². The summed E-state index contributed by atoms with van der Waals surface area (Å²) in [6.07, 6.45) is 0.279. The highest BCUT2D eigenvalue weighted by atomic mass is 79.9. The molecule has 0 radical (unpaired) electrons. The monoisotopic (exact) mass is 333 g/mol. The van der Waals surface area contributed by atoms with E-state index < -0.39 is 11.0 Å². The first kappa shape index (κ1) is 15.9. The minimum atomic E-state index is -0.871. The fourth-order valence-electron chi connectivity index (χ4n) is 1.59. The number of aliphatic hydroxyl groups excluding tert-OH is 2. The summed E-state index contributed by atoms with van der Waals surface area (Å²) in [5.41, 5.74) is 0.180. The maximum Gasteiger partial charge on any atom is 0.312 e. The molecule has 1 unspecified atom stereocenters. The Hall–Kier alpha value is -1.18. The van der Waals surface area contributed by atoms with E-state index in [9.17, 15) is 15.2 Å². The van der Waals surface area contributed by atoms with Crippen molar-refractivity contribution < 1.29 is 19.9 Å². The van der Waals surface area contributed by atoms with Crippen molar-refractivity contribution in [3.63, 3.8) is 0 Å². The van der Waals surface area contributed by atoms with Gasteiger partial charge in [-0.2, -0.15) is 0 Å². The van der Waals surface area contributed by atoms with E-state index in [1.807, 2.05) is 0 Å². The number of aliphatic hydroxyl groups is 2. The molecule has 1 aromatic carbocycles. The van der Waals surface area contributed by atoms with Crippen molar-refractivity contribution in [1.82, 2.24) is 0 Å². The molecular weight excluding hydrogens is 318 g/mol. The van der Waals surface area contributed by atoms with Gasteiger partial charge >= 0.3 is 5.69 Å². The van der Waals surface area contributed by atoms with Crippen LogP contribution in [0.3, 0.4) is 0 Å². The molecule has 0 fully saturated rings. The number of unbranched alkanes of at least 4 members (excludes halogenated alkanes) is 1. The number of nitrogens with zero attached hydrogens (tertiary/aromatic N) is 1. The predicted molar refractivity (Wildman–Crippen MR) is 73.2 cm³/mol. The molecule has 1 aromatic rings. The van der Waals surface area contributed by atoms with Crippen LogP contribution in [0.1, 0.15) is 31.4 Å². The summed E-state index contributed by atoms with van der Waals surface area (Å²) in [4.78, 5) is 10.5. The Bertz CT molecular complexity index is 450. The van der Waals surface area contributed by atoms with Gasteiger partial charge in [0.25, 0.3) is 0 Å². The van der Waals surface area contributed by atoms with Crippen molar-refractivity contribution in [3.05, 3.63) is 32.3 Å². The molecule has 1 atom stereocenters. The first-order valence-electron chi connectivity index (χ1n) is 5.87. The zero-order valence-electron chi connectivity index (χ0n) is 10.5. The largest absolute Gasteiger partial charge is 0.487 e. The van der Waals surface area contributed by atoms with Gasteiger partial charge in [0.05, 0.1) is 17.6 Å². The molecule has 0 amide bonds. The summed E-state index contributed by atoms with van der Waals surface area (Å²) in [5, 5.41) is 29.4. The maximum absolute atomic E-state index is 11.0. The van der Waals surface area contributed by atoms with Crippen molar-refractivity contribution in [2.24, 2.45) is 0 Å². The van der Waals surface area contributed by atoms with E-state index in [0.717, 1.165) is 0 Å². The van der Waals surface area contributed by atoms with Crippen LogP contribution >= 0.6 is 15.9 Å². The van der Waals surface area contributed by atoms with E-state index in [1.54, 1.807) is 6.07 Å². The molecule has 19 heavy (non-hydrogen) atoms. The second-order valence-corrected chi connectivity index (χ2v) is 4.97. The van der Waals surface area contributed by atoms with Gasteiger partial charge in [-0.1, -0.05) is 15.9 Å². The molecule has 0 aromatic heterocycles. The van der Waals surface area contributed by atoms with E-state index in [1.165, 1.54) is 13.0 Å². The Morgan fingerprint density at radius 3 is 2.68 bits per heavy atom. The third-order valence-corrected chi connectivity index (χ3v) is 2.97. The van der Waals surface area contributed by atoms with Crippen molar-refractivity contribution in [3.8, 4) is 5.75 Å². The smallest absolute Gasteiger partial charge is 0.312 e. The van der Waals surface area contributed by atoms with Crippen LogP contribution in [0, 0.1) is 10.1 Å². The number of nitro groups is 1. The zero-order valence-corrected chi connectivity index (χ0v) is 12.1. The molecule has 7 heteroatoms. The first-order valence-corrected chi connectivity index (χ1v) is 6.66. The lowest BCUT2D eigenvalue weighted by molar-refractivity contribution is -0.386. The second-order valence-electron chi connectivity index (χ2n) is 4.06. The standard InChI is InChI=1S/C12H16BrNO5/c1-8(16)10-6-9(13)7-11(14(17)18)12(10)19-5-3-2-4-15/h6-8,15-16H,2-5H2,1H3. The summed E-state index contributed by atoms with van der Waals surface area (Å²) < 4.78 is 5.93. The number of rotatable bonds is 7. The molecular formula is C12H16BrNO5. The van der Waals surface area contributed by atoms with E-state index in [2.05, 4.69) is 15.9 Å². The van der Waals surface area contributed by atoms with Gasteiger partial charge in [-0.15, -0.1) is 0 Å². The molecule has 0 aliphatic carbocycles. The predicted octanol–water partition coefficient (Wildman–Crippen LogP) is 2.56. The molecule has 2 N–H and O–H groups in total. The Morgan fingerprint density at radius 1 is 1.47 bits per heavy atom. The minimum absolute atomic E-state index is 0.0506. The van der Waals surface area contributed by atoms with E-state index >= 15 is 0 Å². The molecule has 0 saturated heterocycles. The van der Waals surface area contributed by atoms with Crippen LogP contribution in [0.2, 0.25) is 0 Å². The van der Waals surface area contributed by atoms with E-state index in [4.69, 9.17) is 9.84 Å². The Kier molecular flexibility index (Phi) is 6.20. The number of hydrogen-bond donors (Lipinski definition) is 2. The van der Waals surface area contributed by atoms with Crippen molar-refractivity contribution in [1.29, 1.82) is 0 Å². The highest BCUT2D eigenvalue weighted by Gasteiger charge is 2.23. The normalized spacial score (nSPS) is 12.2. The molecule has 0 saturated carbocycles. The summed E-state index contributed by atoms with van der Waals surface area (Å²) >= 11 is 3.17. The van der Waals surface area contributed by atoms with Gasteiger partial charge in [0, 0.05) is 22.7 Å². The van der Waals surface area contributed by atoms with Gasteiger partial charge in [0.15, 0.2) is 0 Å². The van der Waals surface area contributed by atoms with Crippen LogP contribution in [0.5, 0.6) is 5.75 Å². The van der Waals surface area contributed by atoms with Gasteiger partial charge in [-0.3, -0.25) is 10.1 Å². The van der Waals surface area contributed by atoms with Crippen molar-refractivity contribution in [2.45, 2.75) is 25.9 Å². The van der Waals surface area contributed by atoms with Crippen LogP contribution in [-0.4, -0.2) is 28.4 Å². The third kappa shape index (κ3) is 4.45. The molecule has 1 rings (SSSR count). The SMILES string of the molecule is CC(O)c1cc(Br)cc([N+](=O)[O-])c1OCCCCO. The first-order chi connectivity index (χ1) is 8.97. The second kappa shape index (κ2) is 7.42. The minimum Gasteiger partial charge on any atom is -0.487 e. The molecule has 0 bridgehead atoms. The average molecular weight is 334 g/mol. The Labute approximate surface area is 119 Å². The van der Waals surface area contributed by atoms with Gasteiger partial charge in [-0.05, 0) is 25.8 Å². The number of halogens is 1. The lowest BCUT2D eigenvalue weighted by Gasteiger charge is -2.14. The lowest BCUT2D eigenvalue weighted by Crippen LogP contribution is -2.06. The summed E-state index contributed by atoms with van der Waals surface area (Å²) in [5.74, 6) is 0.0844. The molecule has 0 aliphatic heterocycles. The number of ether oxygens (including phenoxy) is 1. The van der Waals surface area contributed by atoms with Gasteiger partial charge in [0.2, 0.25) is 5.75 Å². The average Bonchev–Trinajstić information content (AvgIpc) is 2.34. The van der Waals surface area contributed by atoms with Crippen molar-refractivity contribution in [2.75, 3.05) is 13.2 Å². The third-order valence-electron chi connectivity index (χ3n) is 2.51. The summed E-state index contributed by atoms with van der Waals surface area (Å²) in [6, 6.07) is 2.94. The topological polar surface area (TPSA) is 92.8 Å². The number of hydrogen-bond acceptors (Lipinski definition) is 5. The fraction of sp³-hybridized carbons (Fsp3) is 0.500. The highest BCUT2D eigenvalue weighted by molar-refractivity contribution is 9.10.